The second kappa shape index (κ2) is 5.05. The van der Waals surface area contributed by atoms with Crippen molar-refractivity contribution in [1.29, 1.82) is 0 Å². The van der Waals surface area contributed by atoms with E-state index in [2.05, 4.69) is 9.97 Å². The fraction of sp³-hybridized carbons (Fsp3) is 0.176. The monoisotopic (exact) mass is 280 g/mol. The molecule has 0 spiro atoms. The fourth-order valence-corrected chi connectivity index (χ4v) is 2.43. The second-order valence-corrected chi connectivity index (χ2v) is 5.33. The zero-order valence-electron chi connectivity index (χ0n) is 11.9. The number of benzene rings is 2. The highest BCUT2D eigenvalue weighted by molar-refractivity contribution is 5.80. The van der Waals surface area contributed by atoms with E-state index >= 15 is 0 Å². The van der Waals surface area contributed by atoms with Gasteiger partial charge in [-0.25, -0.2) is 4.98 Å². The van der Waals surface area contributed by atoms with Gasteiger partial charge in [0.15, 0.2) is 0 Å². The maximum absolute atomic E-state index is 12.1. The predicted octanol–water partition coefficient (Wildman–Crippen LogP) is 3.42. The van der Waals surface area contributed by atoms with Crippen LogP contribution in [0, 0.1) is 0 Å². The average molecular weight is 280 g/mol. The van der Waals surface area contributed by atoms with Crippen molar-refractivity contribution >= 4 is 10.9 Å². The lowest BCUT2D eigenvalue weighted by atomic mass is 9.99. The van der Waals surface area contributed by atoms with Crippen LogP contribution in [0.15, 0.2) is 47.3 Å². The summed E-state index contributed by atoms with van der Waals surface area (Å²) in [5.41, 5.74) is 1.79. The van der Waals surface area contributed by atoms with E-state index in [-0.39, 0.29) is 17.2 Å². The lowest BCUT2D eigenvalue weighted by molar-refractivity contribution is 0.466. The van der Waals surface area contributed by atoms with Crippen LogP contribution in [0.3, 0.4) is 0 Å². The summed E-state index contributed by atoms with van der Waals surface area (Å²) in [6, 6.07) is 12.7. The molecule has 2 aromatic carbocycles. The molecule has 106 valence electrons. The van der Waals surface area contributed by atoms with E-state index in [1.807, 2.05) is 32.0 Å². The molecule has 1 aromatic heterocycles. The van der Waals surface area contributed by atoms with Crippen LogP contribution < -0.4 is 5.56 Å². The Morgan fingerprint density at radius 1 is 1.10 bits per heavy atom. The maximum Gasteiger partial charge on any atom is 0.259 e. The van der Waals surface area contributed by atoms with Crippen molar-refractivity contribution in [1.82, 2.24) is 9.97 Å². The molecule has 4 heteroatoms. The SMILES string of the molecule is CC(C)c1cccc(-c2nc3ccccc3c(=O)[nH]2)c1O. The smallest absolute Gasteiger partial charge is 0.259 e. The number of aromatic amines is 1. The summed E-state index contributed by atoms with van der Waals surface area (Å²) in [5, 5.41) is 11.0. The Hall–Kier alpha value is -2.62. The number of rotatable bonds is 2. The first-order chi connectivity index (χ1) is 10.1. The van der Waals surface area contributed by atoms with Crippen LogP contribution in [-0.2, 0) is 0 Å². The summed E-state index contributed by atoms with van der Waals surface area (Å²) in [5.74, 6) is 0.752. The van der Waals surface area contributed by atoms with E-state index in [1.165, 1.54) is 0 Å². The Kier molecular flexibility index (Phi) is 3.22. The summed E-state index contributed by atoms with van der Waals surface area (Å²) < 4.78 is 0. The van der Waals surface area contributed by atoms with E-state index < -0.39 is 0 Å². The summed E-state index contributed by atoms with van der Waals surface area (Å²) >= 11 is 0. The van der Waals surface area contributed by atoms with Crippen molar-refractivity contribution in [2.45, 2.75) is 19.8 Å². The number of aromatic nitrogens is 2. The van der Waals surface area contributed by atoms with Crippen molar-refractivity contribution in [3.05, 3.63) is 58.4 Å². The molecule has 0 fully saturated rings. The summed E-state index contributed by atoms with van der Waals surface area (Å²) in [6.07, 6.45) is 0. The standard InChI is InChI=1S/C17H16N2O2/c1-10(2)11-7-5-8-13(15(11)20)16-18-14-9-4-3-6-12(14)17(21)19-16/h3-10,20H,1-2H3,(H,18,19,21). The largest absolute Gasteiger partial charge is 0.507 e. The Balaban J connectivity index is 2.26. The van der Waals surface area contributed by atoms with Crippen molar-refractivity contribution in [3.63, 3.8) is 0 Å². The molecule has 0 amide bonds. The second-order valence-electron chi connectivity index (χ2n) is 5.33. The number of phenolic OH excluding ortho intramolecular Hbond substituents is 1. The first-order valence-corrected chi connectivity index (χ1v) is 6.89. The Bertz CT molecular complexity index is 866. The lowest BCUT2D eigenvalue weighted by Gasteiger charge is -2.12. The van der Waals surface area contributed by atoms with Gasteiger partial charge in [0, 0.05) is 0 Å². The lowest BCUT2D eigenvalue weighted by Crippen LogP contribution is -2.09. The molecule has 3 rings (SSSR count). The molecular weight excluding hydrogens is 264 g/mol. The Labute approximate surface area is 122 Å². The first-order valence-electron chi connectivity index (χ1n) is 6.89. The minimum absolute atomic E-state index is 0.172. The summed E-state index contributed by atoms with van der Waals surface area (Å²) in [7, 11) is 0. The van der Waals surface area contributed by atoms with Crippen LogP contribution >= 0.6 is 0 Å². The first kappa shape index (κ1) is 13.4. The van der Waals surface area contributed by atoms with E-state index in [9.17, 15) is 9.90 Å². The quantitative estimate of drug-likeness (QED) is 0.756. The molecule has 0 aliphatic carbocycles. The molecule has 4 nitrogen and oxygen atoms in total. The third-order valence-electron chi connectivity index (χ3n) is 3.56. The zero-order valence-corrected chi connectivity index (χ0v) is 11.9. The number of nitrogens with zero attached hydrogens (tertiary/aromatic N) is 1. The van der Waals surface area contributed by atoms with Crippen LogP contribution in [0.2, 0.25) is 0 Å². The van der Waals surface area contributed by atoms with Gasteiger partial charge in [-0.1, -0.05) is 38.1 Å². The Morgan fingerprint density at radius 2 is 1.86 bits per heavy atom. The highest BCUT2D eigenvalue weighted by Gasteiger charge is 2.14. The van der Waals surface area contributed by atoms with Gasteiger partial charge >= 0.3 is 0 Å². The number of H-pyrrole nitrogens is 1. The maximum atomic E-state index is 12.1. The van der Waals surface area contributed by atoms with E-state index in [0.717, 1.165) is 5.56 Å². The third-order valence-corrected chi connectivity index (χ3v) is 3.56. The number of aromatic hydroxyl groups is 1. The zero-order chi connectivity index (χ0) is 15.0. The number of hydrogen-bond acceptors (Lipinski definition) is 3. The third kappa shape index (κ3) is 2.29. The summed E-state index contributed by atoms with van der Waals surface area (Å²) in [6.45, 7) is 4.02. The molecule has 0 saturated heterocycles. The van der Waals surface area contributed by atoms with Gasteiger partial charge in [-0.2, -0.15) is 0 Å². The van der Waals surface area contributed by atoms with Gasteiger partial charge in [-0.3, -0.25) is 4.79 Å². The molecule has 2 N–H and O–H groups in total. The van der Waals surface area contributed by atoms with Crippen molar-refractivity contribution in [3.8, 4) is 17.1 Å². The van der Waals surface area contributed by atoms with E-state index in [1.54, 1.807) is 24.3 Å². The highest BCUT2D eigenvalue weighted by Crippen LogP contribution is 2.34. The molecule has 0 atom stereocenters. The molecule has 3 aromatic rings. The van der Waals surface area contributed by atoms with Gasteiger partial charge in [-0.15, -0.1) is 0 Å². The predicted molar refractivity (Wildman–Crippen MR) is 83.6 cm³/mol. The van der Waals surface area contributed by atoms with Crippen LogP contribution in [0.4, 0.5) is 0 Å². The number of hydrogen-bond donors (Lipinski definition) is 2. The van der Waals surface area contributed by atoms with Crippen molar-refractivity contribution in [2.75, 3.05) is 0 Å². The van der Waals surface area contributed by atoms with Gasteiger partial charge in [0.25, 0.3) is 5.56 Å². The highest BCUT2D eigenvalue weighted by atomic mass is 16.3. The van der Waals surface area contributed by atoms with E-state index in [0.29, 0.717) is 22.3 Å². The number of fused-ring (bicyclic) bond motifs is 1. The Morgan fingerprint density at radius 3 is 2.62 bits per heavy atom. The van der Waals surface area contributed by atoms with Crippen LogP contribution in [-0.4, -0.2) is 15.1 Å². The van der Waals surface area contributed by atoms with Crippen LogP contribution in [0.25, 0.3) is 22.3 Å². The van der Waals surface area contributed by atoms with Gasteiger partial charge in [0.2, 0.25) is 0 Å². The molecule has 0 unspecified atom stereocenters. The normalized spacial score (nSPS) is 11.2. The molecule has 21 heavy (non-hydrogen) atoms. The number of nitrogens with one attached hydrogen (secondary N) is 1. The van der Waals surface area contributed by atoms with Gasteiger partial charge in [0.05, 0.1) is 16.5 Å². The number of phenols is 1. The fourth-order valence-electron chi connectivity index (χ4n) is 2.43. The molecule has 0 bridgehead atoms. The number of para-hydroxylation sites is 2. The van der Waals surface area contributed by atoms with Gasteiger partial charge in [0.1, 0.15) is 11.6 Å². The molecule has 0 aliphatic rings. The molecule has 0 aliphatic heterocycles. The molecule has 0 saturated carbocycles. The topological polar surface area (TPSA) is 66.0 Å². The summed E-state index contributed by atoms with van der Waals surface area (Å²) in [4.78, 5) is 19.3. The minimum atomic E-state index is -0.204. The average Bonchev–Trinajstić information content (AvgIpc) is 2.47. The molecular formula is C17H16N2O2. The van der Waals surface area contributed by atoms with E-state index in [4.69, 9.17) is 0 Å². The van der Waals surface area contributed by atoms with Gasteiger partial charge in [-0.05, 0) is 29.7 Å². The van der Waals surface area contributed by atoms with Gasteiger partial charge < -0.3 is 10.1 Å². The molecule has 1 heterocycles. The van der Waals surface area contributed by atoms with Crippen LogP contribution in [0.5, 0.6) is 5.75 Å². The van der Waals surface area contributed by atoms with Crippen molar-refractivity contribution in [2.24, 2.45) is 0 Å². The molecule has 0 radical (unpaired) electrons. The minimum Gasteiger partial charge on any atom is -0.507 e. The van der Waals surface area contributed by atoms with Crippen molar-refractivity contribution < 1.29 is 5.11 Å². The van der Waals surface area contributed by atoms with Crippen LogP contribution in [0.1, 0.15) is 25.3 Å².